The maximum absolute atomic E-state index is 12.9. The number of ether oxygens (including phenoxy) is 1. The van der Waals surface area contributed by atoms with E-state index >= 15 is 0 Å². The van der Waals surface area contributed by atoms with Gasteiger partial charge in [0.15, 0.2) is 0 Å². The maximum atomic E-state index is 12.9. The smallest absolute Gasteiger partial charge is 0.320 e. The van der Waals surface area contributed by atoms with Gasteiger partial charge in [0.2, 0.25) is 5.91 Å². The Morgan fingerprint density at radius 3 is 2.45 bits per heavy atom. The molecule has 1 aromatic carbocycles. The Bertz CT molecular complexity index is 874. The summed E-state index contributed by atoms with van der Waals surface area (Å²) in [5.41, 5.74) is 2.22. The van der Waals surface area contributed by atoms with Crippen LogP contribution in [0.25, 0.3) is 0 Å². The van der Waals surface area contributed by atoms with Gasteiger partial charge in [-0.1, -0.05) is 44.7 Å². The molecule has 0 spiro atoms. The number of morpholine rings is 1. The Labute approximate surface area is 230 Å². The average Bonchev–Trinajstić information content (AvgIpc) is 2.96. The van der Waals surface area contributed by atoms with Crippen LogP contribution < -0.4 is 5.32 Å². The van der Waals surface area contributed by atoms with Gasteiger partial charge in [-0.15, -0.1) is 0 Å². The predicted octanol–water partition coefficient (Wildman–Crippen LogP) is 5.40. The van der Waals surface area contributed by atoms with Gasteiger partial charge in [0, 0.05) is 50.4 Å². The van der Waals surface area contributed by atoms with Gasteiger partial charge >= 0.3 is 6.03 Å². The summed E-state index contributed by atoms with van der Waals surface area (Å²) < 4.78 is 5.41. The predicted molar refractivity (Wildman–Crippen MR) is 153 cm³/mol. The highest BCUT2D eigenvalue weighted by atomic mass is 16.5. The van der Waals surface area contributed by atoms with Gasteiger partial charge in [0.05, 0.1) is 13.2 Å². The number of amides is 3. The highest BCUT2D eigenvalue weighted by molar-refractivity contribution is 5.92. The Hall–Kier alpha value is -2.12. The van der Waals surface area contributed by atoms with Crippen LogP contribution in [0.4, 0.5) is 10.5 Å². The van der Waals surface area contributed by atoms with Crippen LogP contribution in [-0.4, -0.2) is 85.2 Å². The van der Waals surface area contributed by atoms with E-state index in [9.17, 15) is 9.59 Å². The molecule has 1 saturated carbocycles. The number of anilines is 1. The lowest BCUT2D eigenvalue weighted by Gasteiger charge is -2.39. The molecular weight excluding hydrogens is 476 g/mol. The van der Waals surface area contributed by atoms with Crippen LogP contribution >= 0.6 is 0 Å². The van der Waals surface area contributed by atoms with E-state index in [-0.39, 0.29) is 17.9 Å². The van der Waals surface area contributed by atoms with Crippen molar-refractivity contribution in [2.75, 3.05) is 57.8 Å². The van der Waals surface area contributed by atoms with Crippen LogP contribution in [0, 0.1) is 11.8 Å². The summed E-state index contributed by atoms with van der Waals surface area (Å²) in [6.45, 7) is 11.3. The third-order valence-electron chi connectivity index (χ3n) is 8.78. The second-order valence-corrected chi connectivity index (χ2v) is 11.7. The third kappa shape index (κ3) is 8.44. The van der Waals surface area contributed by atoms with Crippen molar-refractivity contribution in [3.05, 3.63) is 29.8 Å². The van der Waals surface area contributed by atoms with E-state index in [0.717, 1.165) is 64.0 Å². The van der Waals surface area contributed by atoms with Gasteiger partial charge in [-0.3, -0.25) is 4.79 Å². The number of urea groups is 1. The first-order valence-corrected chi connectivity index (χ1v) is 15.3. The number of benzene rings is 1. The third-order valence-corrected chi connectivity index (χ3v) is 8.78. The first-order chi connectivity index (χ1) is 18.5. The molecule has 0 bridgehead atoms. The molecule has 1 aromatic rings. The van der Waals surface area contributed by atoms with Crippen molar-refractivity contribution >= 4 is 17.6 Å². The molecule has 1 atom stereocenters. The van der Waals surface area contributed by atoms with Crippen LogP contribution in [0.1, 0.15) is 77.2 Å². The van der Waals surface area contributed by atoms with Gasteiger partial charge in [-0.2, -0.15) is 0 Å². The number of likely N-dealkylation sites (tertiary alicyclic amines) is 1. The van der Waals surface area contributed by atoms with Crippen molar-refractivity contribution in [1.82, 2.24) is 14.7 Å². The minimum Gasteiger partial charge on any atom is -0.378 e. The fraction of sp³-hybridized carbons (Fsp3) is 0.742. The molecule has 3 amide bonds. The Morgan fingerprint density at radius 2 is 1.74 bits per heavy atom. The Kier molecular flexibility index (Phi) is 11.3. The van der Waals surface area contributed by atoms with Crippen LogP contribution in [-0.2, 0) is 16.0 Å². The standard InChI is InChI=1S/C31H50N4O3/c1-3-4-15-35(24-26-13-16-33(17-14-26)31(37)34-18-20-38-21-19-34)25(2)22-27-9-8-12-29(23-27)32-30(36)28-10-6-5-7-11-28/h8-9,12,23,25-26,28H,3-7,10-11,13-22,24H2,1-2H3,(H,32,36). The molecule has 1 unspecified atom stereocenters. The van der Waals surface area contributed by atoms with E-state index in [1.165, 1.54) is 37.7 Å². The molecule has 1 N–H and O–H groups in total. The number of hydrogen-bond acceptors (Lipinski definition) is 4. The summed E-state index contributed by atoms with van der Waals surface area (Å²) in [6.07, 6.45) is 11.2. The summed E-state index contributed by atoms with van der Waals surface area (Å²) in [5.74, 6) is 0.994. The summed E-state index contributed by atoms with van der Waals surface area (Å²) in [5, 5.41) is 3.20. The number of unbranched alkanes of at least 4 members (excludes halogenated alkanes) is 1. The van der Waals surface area contributed by atoms with Gasteiger partial charge in [0.25, 0.3) is 0 Å². The second kappa shape index (κ2) is 14.9. The van der Waals surface area contributed by atoms with Crippen LogP contribution in [0.15, 0.2) is 24.3 Å². The van der Waals surface area contributed by atoms with E-state index in [0.29, 0.717) is 38.3 Å². The quantitative estimate of drug-likeness (QED) is 0.443. The summed E-state index contributed by atoms with van der Waals surface area (Å²) in [7, 11) is 0. The zero-order valence-corrected chi connectivity index (χ0v) is 23.8. The van der Waals surface area contributed by atoms with E-state index in [2.05, 4.69) is 47.2 Å². The first-order valence-electron chi connectivity index (χ1n) is 15.3. The monoisotopic (exact) mass is 526 g/mol. The van der Waals surface area contributed by atoms with Crippen molar-refractivity contribution in [2.24, 2.45) is 11.8 Å². The van der Waals surface area contributed by atoms with Gasteiger partial charge in [0.1, 0.15) is 0 Å². The van der Waals surface area contributed by atoms with Gasteiger partial charge < -0.3 is 24.8 Å². The lowest BCUT2D eigenvalue weighted by molar-refractivity contribution is -0.120. The van der Waals surface area contributed by atoms with Crippen LogP contribution in [0.3, 0.4) is 0 Å². The molecule has 2 aliphatic heterocycles. The Balaban J connectivity index is 1.28. The molecule has 1 aliphatic carbocycles. The van der Waals surface area contributed by atoms with E-state index in [1.807, 2.05) is 11.0 Å². The van der Waals surface area contributed by atoms with E-state index < -0.39 is 0 Å². The summed E-state index contributed by atoms with van der Waals surface area (Å²) >= 11 is 0. The minimum absolute atomic E-state index is 0.173. The molecule has 3 aliphatic rings. The molecule has 2 saturated heterocycles. The zero-order valence-electron chi connectivity index (χ0n) is 23.8. The Morgan fingerprint density at radius 1 is 1.03 bits per heavy atom. The van der Waals surface area contributed by atoms with Gasteiger partial charge in [-0.05, 0) is 75.6 Å². The van der Waals surface area contributed by atoms with Crippen molar-refractivity contribution in [3.8, 4) is 0 Å². The molecule has 38 heavy (non-hydrogen) atoms. The lowest BCUT2D eigenvalue weighted by atomic mass is 9.88. The molecule has 0 aromatic heterocycles. The summed E-state index contributed by atoms with van der Waals surface area (Å²) in [4.78, 5) is 32.3. The van der Waals surface area contributed by atoms with Crippen LogP contribution in [0.2, 0.25) is 0 Å². The zero-order chi connectivity index (χ0) is 26.7. The molecule has 4 rings (SSSR count). The second-order valence-electron chi connectivity index (χ2n) is 11.7. The van der Waals surface area contributed by atoms with E-state index in [4.69, 9.17) is 4.74 Å². The minimum atomic E-state index is 0.173. The van der Waals surface area contributed by atoms with Crippen molar-refractivity contribution in [3.63, 3.8) is 0 Å². The number of hydrogen-bond donors (Lipinski definition) is 1. The fourth-order valence-electron chi connectivity index (χ4n) is 6.30. The van der Waals surface area contributed by atoms with Crippen molar-refractivity contribution < 1.29 is 14.3 Å². The topological polar surface area (TPSA) is 65.1 Å². The number of nitrogens with zero attached hydrogens (tertiary/aromatic N) is 3. The molecule has 7 nitrogen and oxygen atoms in total. The molecule has 212 valence electrons. The average molecular weight is 527 g/mol. The molecule has 7 heteroatoms. The first kappa shape index (κ1) is 28.9. The summed E-state index contributed by atoms with van der Waals surface area (Å²) in [6, 6.07) is 9.09. The highest BCUT2D eigenvalue weighted by Gasteiger charge is 2.29. The molecule has 3 fully saturated rings. The molecule has 2 heterocycles. The molecule has 0 radical (unpaired) electrons. The number of piperidine rings is 1. The maximum Gasteiger partial charge on any atom is 0.320 e. The lowest BCUT2D eigenvalue weighted by Crippen LogP contribution is -2.51. The number of carbonyl (C=O) groups excluding carboxylic acids is 2. The normalized spacial score (nSPS) is 20.5. The largest absolute Gasteiger partial charge is 0.378 e. The number of rotatable bonds is 10. The van der Waals surface area contributed by atoms with Crippen molar-refractivity contribution in [2.45, 2.75) is 84.1 Å². The van der Waals surface area contributed by atoms with Crippen molar-refractivity contribution in [1.29, 1.82) is 0 Å². The fourth-order valence-corrected chi connectivity index (χ4v) is 6.30. The highest BCUT2D eigenvalue weighted by Crippen LogP contribution is 2.26. The number of carbonyl (C=O) groups is 2. The van der Waals surface area contributed by atoms with E-state index in [1.54, 1.807) is 0 Å². The SMILES string of the molecule is CCCCN(CC1CCN(C(=O)N2CCOCC2)CC1)C(C)Cc1cccc(NC(=O)C2CCCCC2)c1. The molecular formula is C31H50N4O3. The van der Waals surface area contributed by atoms with Gasteiger partial charge in [-0.25, -0.2) is 4.79 Å². The number of nitrogens with one attached hydrogen (secondary N) is 1. The van der Waals surface area contributed by atoms with Crippen LogP contribution in [0.5, 0.6) is 0 Å².